The first-order valence-electron chi connectivity index (χ1n) is 18.2. The van der Waals surface area contributed by atoms with E-state index < -0.39 is 0 Å². The second kappa shape index (κ2) is 11.4. The van der Waals surface area contributed by atoms with Crippen molar-refractivity contribution in [1.82, 2.24) is 9.13 Å². The summed E-state index contributed by atoms with van der Waals surface area (Å²) in [7, 11) is 0. The topological polar surface area (TPSA) is 9.86 Å². The van der Waals surface area contributed by atoms with Crippen LogP contribution in [0.2, 0.25) is 0 Å². The first-order valence-corrected chi connectivity index (χ1v) is 19.0. The number of hydrogen-bond acceptors (Lipinski definition) is 1. The van der Waals surface area contributed by atoms with Crippen molar-refractivity contribution in [1.29, 1.82) is 0 Å². The molecule has 0 amide bonds. The van der Waals surface area contributed by atoms with Crippen molar-refractivity contribution in [2.45, 2.75) is 13.3 Å². The molecule has 0 radical (unpaired) electrons. The summed E-state index contributed by atoms with van der Waals surface area (Å²) in [6.45, 7) is 2.30. The van der Waals surface area contributed by atoms with Gasteiger partial charge < -0.3 is 9.13 Å². The van der Waals surface area contributed by atoms with Crippen LogP contribution in [0.5, 0.6) is 0 Å². The Kier molecular flexibility index (Phi) is 6.50. The minimum absolute atomic E-state index is 0.564. The highest BCUT2D eigenvalue weighted by atomic mass is 32.1. The summed E-state index contributed by atoms with van der Waals surface area (Å²) >= 11 is 1.88. The van der Waals surface area contributed by atoms with Crippen LogP contribution in [-0.4, -0.2) is 9.13 Å². The highest BCUT2D eigenvalue weighted by Crippen LogP contribution is 2.41. The minimum Gasteiger partial charge on any atom is -0.309 e. The molecular formula is C49H34N2S. The molecule has 0 aliphatic heterocycles. The number of hydrogen-bond donors (Lipinski definition) is 0. The zero-order chi connectivity index (χ0) is 34.3. The van der Waals surface area contributed by atoms with Gasteiger partial charge in [-0.05, 0) is 113 Å². The Morgan fingerprint density at radius 2 is 1.00 bits per heavy atom. The van der Waals surface area contributed by atoms with Gasteiger partial charge in [0.05, 0.1) is 22.1 Å². The molecule has 1 aliphatic carbocycles. The van der Waals surface area contributed by atoms with Gasteiger partial charge in [0.15, 0.2) is 0 Å². The molecule has 0 N–H and O–H groups in total. The fraction of sp³-hybridized carbons (Fsp3) is 0.0612. The van der Waals surface area contributed by atoms with Crippen molar-refractivity contribution in [3.8, 4) is 22.5 Å². The summed E-state index contributed by atoms with van der Waals surface area (Å²) in [5.74, 6) is 0.564. The number of nitrogens with zero attached hydrogens (tertiary/aromatic N) is 2. The van der Waals surface area contributed by atoms with Gasteiger partial charge in [-0.3, -0.25) is 0 Å². The van der Waals surface area contributed by atoms with Gasteiger partial charge >= 0.3 is 0 Å². The van der Waals surface area contributed by atoms with E-state index in [1.807, 2.05) is 11.3 Å². The molecule has 52 heavy (non-hydrogen) atoms. The maximum atomic E-state index is 2.45. The number of fused-ring (bicyclic) bond motifs is 9. The quantitative estimate of drug-likeness (QED) is 0.175. The largest absolute Gasteiger partial charge is 0.309 e. The molecule has 246 valence electrons. The molecule has 10 aromatic rings. The van der Waals surface area contributed by atoms with E-state index in [1.54, 1.807) is 0 Å². The molecule has 1 aliphatic rings. The molecule has 0 fully saturated rings. The van der Waals surface area contributed by atoms with E-state index in [1.165, 1.54) is 97.4 Å². The summed E-state index contributed by atoms with van der Waals surface area (Å²) in [6, 6.07) is 56.3. The van der Waals surface area contributed by atoms with Gasteiger partial charge in [-0.1, -0.05) is 97.9 Å². The molecule has 1 atom stereocenters. The molecule has 2 nitrogen and oxygen atoms in total. The summed E-state index contributed by atoms with van der Waals surface area (Å²) < 4.78 is 7.45. The lowest BCUT2D eigenvalue weighted by molar-refractivity contribution is 0.740. The third-order valence-corrected chi connectivity index (χ3v) is 12.2. The van der Waals surface area contributed by atoms with Gasteiger partial charge in [0, 0.05) is 53.1 Å². The van der Waals surface area contributed by atoms with Gasteiger partial charge in [-0.2, -0.15) is 0 Å². The Labute approximate surface area is 305 Å². The molecule has 11 rings (SSSR count). The van der Waals surface area contributed by atoms with Gasteiger partial charge in [0.2, 0.25) is 0 Å². The number of rotatable bonds is 4. The lowest BCUT2D eigenvalue weighted by Crippen LogP contribution is -1.95. The van der Waals surface area contributed by atoms with Gasteiger partial charge in [-0.15, -0.1) is 11.3 Å². The van der Waals surface area contributed by atoms with Crippen LogP contribution in [0.1, 0.15) is 18.9 Å². The van der Waals surface area contributed by atoms with Crippen molar-refractivity contribution in [2.75, 3.05) is 0 Å². The third-order valence-electron chi connectivity index (χ3n) is 11.0. The Bertz CT molecular complexity index is 3110. The van der Waals surface area contributed by atoms with Crippen LogP contribution in [0.25, 0.3) is 91.9 Å². The smallest absolute Gasteiger partial charge is 0.0541 e. The average molecular weight is 683 g/mol. The molecule has 0 saturated carbocycles. The lowest BCUT2D eigenvalue weighted by atomic mass is 9.93. The fourth-order valence-corrected chi connectivity index (χ4v) is 9.62. The zero-order valence-corrected chi connectivity index (χ0v) is 29.6. The van der Waals surface area contributed by atoms with Crippen LogP contribution >= 0.6 is 11.3 Å². The van der Waals surface area contributed by atoms with E-state index in [2.05, 4.69) is 186 Å². The Morgan fingerprint density at radius 1 is 0.462 bits per heavy atom. The number of aromatic nitrogens is 2. The average Bonchev–Trinajstić information content (AvgIpc) is 3.84. The Hall–Kier alpha value is -6.16. The Morgan fingerprint density at radius 3 is 1.71 bits per heavy atom. The molecule has 0 spiro atoms. The maximum Gasteiger partial charge on any atom is 0.0541 e. The first kappa shape index (κ1) is 29.6. The standard InChI is InChI=1S/C49H34N2S/c1-31-10-9-11-32(26-31)33-18-23-47-41(27-33)39-15-6-8-17-45(39)51(47)37-21-25-49-43(30-37)42-29-35(20-24-48(42)52-49)34-19-22-46-40(28-34)38-14-5-7-16-44(38)50(46)36-12-3-2-4-13-36/h2-9,11-31H,10H2,1H3. The molecule has 0 bridgehead atoms. The Balaban J connectivity index is 1.06. The summed E-state index contributed by atoms with van der Waals surface area (Å²) in [4.78, 5) is 0. The van der Waals surface area contributed by atoms with Gasteiger partial charge in [-0.25, -0.2) is 0 Å². The molecule has 3 aromatic heterocycles. The molecule has 3 heteroatoms. The highest BCUT2D eigenvalue weighted by Gasteiger charge is 2.17. The number of thiophene rings is 1. The van der Waals surface area contributed by atoms with Crippen LogP contribution in [0.4, 0.5) is 0 Å². The van der Waals surface area contributed by atoms with Crippen LogP contribution in [-0.2, 0) is 0 Å². The second-order valence-corrected chi connectivity index (χ2v) is 15.3. The van der Waals surface area contributed by atoms with Crippen LogP contribution < -0.4 is 0 Å². The monoisotopic (exact) mass is 682 g/mol. The molecule has 0 saturated heterocycles. The lowest BCUT2D eigenvalue weighted by Gasteiger charge is -2.13. The molecule has 7 aromatic carbocycles. The van der Waals surface area contributed by atoms with Gasteiger partial charge in [0.1, 0.15) is 0 Å². The SMILES string of the molecule is CC1C=C(c2ccc3c(c2)c2ccccc2n3-c2ccc3sc4ccc(-c5ccc6c(c5)c5ccccc5n6-c5ccccc5)cc4c3c2)C=CC1. The van der Waals surface area contributed by atoms with Crippen molar-refractivity contribution in [2.24, 2.45) is 5.92 Å². The highest BCUT2D eigenvalue weighted by molar-refractivity contribution is 7.25. The third kappa shape index (κ3) is 4.49. The fourth-order valence-electron chi connectivity index (χ4n) is 8.55. The van der Waals surface area contributed by atoms with E-state index >= 15 is 0 Å². The van der Waals surface area contributed by atoms with E-state index in [-0.39, 0.29) is 0 Å². The second-order valence-electron chi connectivity index (χ2n) is 14.2. The van der Waals surface area contributed by atoms with Crippen molar-refractivity contribution >= 4 is 80.7 Å². The number of allylic oxidation sites excluding steroid dienone is 4. The molecule has 3 heterocycles. The normalized spacial score (nSPS) is 14.8. The van der Waals surface area contributed by atoms with Crippen molar-refractivity contribution < 1.29 is 0 Å². The summed E-state index contributed by atoms with van der Waals surface area (Å²) in [5.41, 5.74) is 12.4. The van der Waals surface area contributed by atoms with Crippen molar-refractivity contribution in [3.63, 3.8) is 0 Å². The number of benzene rings is 7. The van der Waals surface area contributed by atoms with Crippen LogP contribution in [0.15, 0.2) is 170 Å². The van der Waals surface area contributed by atoms with Crippen LogP contribution in [0, 0.1) is 5.92 Å². The van der Waals surface area contributed by atoms with Crippen LogP contribution in [0.3, 0.4) is 0 Å². The van der Waals surface area contributed by atoms with Crippen molar-refractivity contribution in [3.05, 3.63) is 175 Å². The summed E-state index contributed by atoms with van der Waals surface area (Å²) in [5, 5.41) is 7.73. The van der Waals surface area contributed by atoms with Gasteiger partial charge in [0.25, 0.3) is 0 Å². The minimum atomic E-state index is 0.564. The molecule has 1 unspecified atom stereocenters. The maximum absolute atomic E-state index is 2.45. The van der Waals surface area contributed by atoms with E-state index in [4.69, 9.17) is 0 Å². The van der Waals surface area contributed by atoms with E-state index in [0.29, 0.717) is 5.92 Å². The molecular weight excluding hydrogens is 649 g/mol. The van der Waals surface area contributed by atoms with E-state index in [9.17, 15) is 0 Å². The predicted molar refractivity (Wildman–Crippen MR) is 224 cm³/mol. The number of para-hydroxylation sites is 3. The van der Waals surface area contributed by atoms with E-state index in [0.717, 1.165) is 6.42 Å². The summed E-state index contributed by atoms with van der Waals surface area (Å²) in [6.07, 6.45) is 8.11. The predicted octanol–water partition coefficient (Wildman–Crippen LogP) is 13.9. The zero-order valence-electron chi connectivity index (χ0n) is 28.8. The first-order chi connectivity index (χ1) is 25.7.